The smallest absolute Gasteiger partial charge is 0.308 e. The number of amides is 1. The highest BCUT2D eigenvalue weighted by Crippen LogP contribution is 2.24. The van der Waals surface area contributed by atoms with Gasteiger partial charge in [-0.05, 0) is 25.0 Å². The average Bonchev–Trinajstić information content (AvgIpc) is 2.45. The van der Waals surface area contributed by atoms with E-state index in [-0.39, 0.29) is 29.4 Å². The highest BCUT2D eigenvalue weighted by molar-refractivity contribution is 9.10. The summed E-state index contributed by atoms with van der Waals surface area (Å²) >= 11 is 2.97. The molecule has 0 aromatic heterocycles. The third-order valence-corrected chi connectivity index (χ3v) is 4.00. The Bertz CT molecular complexity index is 548. The normalized spacial score (nSPS) is 15.9. The Balaban J connectivity index is 2.11. The Hall–Kier alpha value is -1.50. The molecule has 0 N–H and O–H groups in total. The molecule has 0 spiro atoms. The lowest BCUT2D eigenvalue weighted by molar-refractivity contribution is -0.146. The first-order valence-corrected chi connectivity index (χ1v) is 7.25. The van der Waals surface area contributed by atoms with Gasteiger partial charge in [0.15, 0.2) is 0 Å². The maximum atomic E-state index is 13.8. The van der Waals surface area contributed by atoms with Crippen molar-refractivity contribution >= 4 is 27.8 Å². The molecule has 1 heterocycles. The molecule has 0 saturated carbocycles. The maximum Gasteiger partial charge on any atom is 0.308 e. The van der Waals surface area contributed by atoms with Crippen LogP contribution in [0.3, 0.4) is 0 Å². The van der Waals surface area contributed by atoms with Gasteiger partial charge in [0, 0.05) is 17.6 Å². The maximum absolute atomic E-state index is 13.8. The summed E-state index contributed by atoms with van der Waals surface area (Å²) in [5, 5.41) is 0. The average molecular weight is 362 g/mol. The number of methoxy groups -OCH3 is 1. The molecule has 0 radical (unpaired) electrons. The Labute approximate surface area is 129 Å². The number of nitrogens with zero attached hydrogens (tertiary/aromatic N) is 1. The number of ether oxygens (including phenoxy) is 1. The van der Waals surface area contributed by atoms with E-state index in [1.807, 2.05) is 0 Å². The van der Waals surface area contributed by atoms with E-state index in [0.29, 0.717) is 12.8 Å². The van der Waals surface area contributed by atoms with E-state index in [1.54, 1.807) is 0 Å². The summed E-state index contributed by atoms with van der Waals surface area (Å²) in [5.74, 6) is -3.08. The standard InChI is InChI=1S/C14H14BrF2NO3/c1-21-14(20)8-2-4-18(5-3-8)13(19)12-10(16)6-9(15)7-11(12)17/h6-8H,2-5H2,1H3. The van der Waals surface area contributed by atoms with Crippen molar-refractivity contribution in [1.29, 1.82) is 0 Å². The van der Waals surface area contributed by atoms with Crippen molar-refractivity contribution in [3.8, 4) is 0 Å². The highest BCUT2D eigenvalue weighted by atomic mass is 79.9. The van der Waals surface area contributed by atoms with Crippen molar-refractivity contribution in [2.45, 2.75) is 12.8 Å². The molecule has 114 valence electrons. The van der Waals surface area contributed by atoms with E-state index in [4.69, 9.17) is 0 Å². The SMILES string of the molecule is COC(=O)C1CCN(C(=O)c2c(F)cc(Br)cc2F)CC1. The van der Waals surface area contributed by atoms with Gasteiger partial charge in [0.05, 0.1) is 13.0 Å². The highest BCUT2D eigenvalue weighted by Gasteiger charge is 2.30. The van der Waals surface area contributed by atoms with E-state index < -0.39 is 23.1 Å². The van der Waals surface area contributed by atoms with Gasteiger partial charge in [0.1, 0.15) is 17.2 Å². The zero-order valence-corrected chi connectivity index (χ0v) is 13.0. The van der Waals surface area contributed by atoms with E-state index in [2.05, 4.69) is 20.7 Å². The molecule has 0 unspecified atom stereocenters. The van der Waals surface area contributed by atoms with Crippen LogP contribution in [0, 0.1) is 17.6 Å². The van der Waals surface area contributed by atoms with Crippen LogP contribution in [0.15, 0.2) is 16.6 Å². The third kappa shape index (κ3) is 3.40. The van der Waals surface area contributed by atoms with Crippen molar-refractivity contribution < 1.29 is 23.1 Å². The third-order valence-electron chi connectivity index (χ3n) is 3.54. The summed E-state index contributed by atoms with van der Waals surface area (Å²) in [7, 11) is 1.31. The predicted octanol–water partition coefficient (Wildman–Crippen LogP) is 2.75. The van der Waals surface area contributed by atoms with Crippen LogP contribution in [0.25, 0.3) is 0 Å². The molecule has 1 aliphatic rings. The Morgan fingerprint density at radius 3 is 2.24 bits per heavy atom. The lowest BCUT2D eigenvalue weighted by atomic mass is 9.96. The minimum atomic E-state index is -0.901. The van der Waals surface area contributed by atoms with Crippen LogP contribution in [0.4, 0.5) is 8.78 Å². The summed E-state index contributed by atoms with van der Waals surface area (Å²) in [6.45, 7) is 0.543. The molecule has 0 aliphatic carbocycles. The molecule has 1 aromatic rings. The van der Waals surface area contributed by atoms with E-state index in [1.165, 1.54) is 12.0 Å². The molecule has 4 nitrogen and oxygen atoms in total. The lowest BCUT2D eigenvalue weighted by Crippen LogP contribution is -2.41. The van der Waals surface area contributed by atoms with Gasteiger partial charge in [0.2, 0.25) is 0 Å². The molecular formula is C14H14BrF2NO3. The molecule has 1 aromatic carbocycles. The number of esters is 1. The van der Waals surface area contributed by atoms with E-state index in [0.717, 1.165) is 12.1 Å². The zero-order chi connectivity index (χ0) is 15.6. The predicted molar refractivity (Wildman–Crippen MR) is 74.7 cm³/mol. The summed E-state index contributed by atoms with van der Waals surface area (Å²) in [4.78, 5) is 25.0. The number of carbonyl (C=O) groups excluding carboxylic acids is 2. The Kier molecular flexibility index (Phi) is 4.92. The number of carbonyl (C=O) groups is 2. The second-order valence-electron chi connectivity index (χ2n) is 4.83. The first kappa shape index (κ1) is 15.9. The number of hydrogen-bond acceptors (Lipinski definition) is 3. The number of piperidine rings is 1. The van der Waals surface area contributed by atoms with Crippen LogP contribution >= 0.6 is 15.9 Å². The molecule has 2 rings (SSSR count). The van der Waals surface area contributed by atoms with Gasteiger partial charge in [-0.15, -0.1) is 0 Å². The first-order chi connectivity index (χ1) is 9.93. The van der Waals surface area contributed by atoms with Crippen molar-refractivity contribution in [3.63, 3.8) is 0 Å². The summed E-state index contributed by atoms with van der Waals surface area (Å²) in [6.07, 6.45) is 0.857. The quantitative estimate of drug-likeness (QED) is 0.761. The molecule has 0 atom stereocenters. The zero-order valence-electron chi connectivity index (χ0n) is 11.4. The van der Waals surface area contributed by atoms with E-state index in [9.17, 15) is 18.4 Å². The second kappa shape index (κ2) is 6.51. The topological polar surface area (TPSA) is 46.6 Å². The van der Waals surface area contributed by atoms with Crippen molar-refractivity contribution in [2.75, 3.05) is 20.2 Å². The molecular weight excluding hydrogens is 348 g/mol. The molecule has 1 aliphatic heterocycles. The number of rotatable bonds is 2. The fourth-order valence-corrected chi connectivity index (χ4v) is 2.79. The molecule has 1 fully saturated rings. The Morgan fingerprint density at radius 1 is 1.24 bits per heavy atom. The number of likely N-dealkylation sites (tertiary alicyclic amines) is 1. The van der Waals surface area contributed by atoms with Gasteiger partial charge in [-0.25, -0.2) is 8.78 Å². The molecule has 1 amide bonds. The lowest BCUT2D eigenvalue weighted by Gasteiger charge is -2.30. The fourth-order valence-electron chi connectivity index (χ4n) is 2.39. The van der Waals surface area contributed by atoms with Crippen molar-refractivity contribution in [2.24, 2.45) is 5.92 Å². The molecule has 0 bridgehead atoms. The Morgan fingerprint density at radius 2 is 1.76 bits per heavy atom. The monoisotopic (exact) mass is 361 g/mol. The molecule has 1 saturated heterocycles. The van der Waals surface area contributed by atoms with Gasteiger partial charge in [-0.1, -0.05) is 15.9 Å². The van der Waals surface area contributed by atoms with Crippen LogP contribution < -0.4 is 0 Å². The minimum Gasteiger partial charge on any atom is -0.469 e. The van der Waals surface area contributed by atoms with Gasteiger partial charge < -0.3 is 9.64 Å². The van der Waals surface area contributed by atoms with Crippen LogP contribution in [0.2, 0.25) is 0 Å². The van der Waals surface area contributed by atoms with Crippen molar-refractivity contribution in [3.05, 3.63) is 33.8 Å². The number of hydrogen-bond donors (Lipinski definition) is 0. The van der Waals surface area contributed by atoms with Crippen LogP contribution in [-0.4, -0.2) is 37.0 Å². The largest absolute Gasteiger partial charge is 0.469 e. The van der Waals surface area contributed by atoms with Crippen molar-refractivity contribution in [1.82, 2.24) is 4.90 Å². The van der Waals surface area contributed by atoms with Crippen LogP contribution in [0.5, 0.6) is 0 Å². The number of benzene rings is 1. The van der Waals surface area contributed by atoms with E-state index >= 15 is 0 Å². The molecule has 21 heavy (non-hydrogen) atoms. The van der Waals surface area contributed by atoms with Crippen LogP contribution in [-0.2, 0) is 9.53 Å². The first-order valence-electron chi connectivity index (χ1n) is 6.45. The summed E-state index contributed by atoms with van der Waals surface area (Å²) < 4.78 is 32.5. The minimum absolute atomic E-state index is 0.235. The summed E-state index contributed by atoms with van der Waals surface area (Å²) in [6, 6.07) is 2.11. The second-order valence-corrected chi connectivity index (χ2v) is 5.75. The molecule has 7 heteroatoms. The van der Waals surface area contributed by atoms with Gasteiger partial charge >= 0.3 is 5.97 Å². The van der Waals surface area contributed by atoms with Crippen LogP contribution in [0.1, 0.15) is 23.2 Å². The number of halogens is 3. The van der Waals surface area contributed by atoms with Gasteiger partial charge in [-0.2, -0.15) is 0 Å². The van der Waals surface area contributed by atoms with Gasteiger partial charge in [0.25, 0.3) is 5.91 Å². The fraction of sp³-hybridized carbons (Fsp3) is 0.429. The van der Waals surface area contributed by atoms with Gasteiger partial charge in [-0.3, -0.25) is 9.59 Å². The summed E-state index contributed by atoms with van der Waals surface area (Å²) in [5.41, 5.74) is -0.560.